The van der Waals surface area contributed by atoms with Crippen molar-refractivity contribution in [3.8, 4) is 5.75 Å². The Morgan fingerprint density at radius 2 is 2.11 bits per heavy atom. The number of carbonyl (C=O) groups is 1. The number of amides is 2. The van der Waals surface area contributed by atoms with Crippen molar-refractivity contribution < 1.29 is 17.9 Å². The number of anilines is 1. The van der Waals surface area contributed by atoms with Gasteiger partial charge >= 0.3 is 6.03 Å². The molecule has 0 spiro atoms. The average Bonchev–Trinajstić information content (AvgIpc) is 2.36. The van der Waals surface area contributed by atoms with E-state index >= 15 is 0 Å². The van der Waals surface area contributed by atoms with Gasteiger partial charge in [0.1, 0.15) is 11.4 Å². The molecule has 2 N–H and O–H groups in total. The third-order valence-electron chi connectivity index (χ3n) is 2.33. The van der Waals surface area contributed by atoms with Crippen LogP contribution in [-0.2, 0) is 9.84 Å². The number of hydrogen-bond acceptors (Lipinski definition) is 5. The van der Waals surface area contributed by atoms with E-state index in [4.69, 9.17) is 10.5 Å². The van der Waals surface area contributed by atoms with Crippen LogP contribution < -0.4 is 14.8 Å². The predicted molar refractivity (Wildman–Crippen MR) is 71.8 cm³/mol. The van der Waals surface area contributed by atoms with Gasteiger partial charge in [-0.2, -0.15) is 0 Å². The molecule has 1 aromatic carbocycles. The third-order valence-corrected chi connectivity index (χ3v) is 4.47. The SMILES string of the molecule is CCS(=O)(=O)c1ccc(OC)c(N(S)C(N)=O)c1. The lowest BCUT2D eigenvalue weighted by Crippen LogP contribution is -2.27. The lowest BCUT2D eigenvalue weighted by atomic mass is 10.3. The number of primary amides is 1. The first kappa shape index (κ1) is 14.7. The Kier molecular flexibility index (Phi) is 4.47. The fourth-order valence-corrected chi connectivity index (χ4v) is 2.37. The van der Waals surface area contributed by atoms with Gasteiger partial charge in [0, 0.05) is 0 Å². The molecule has 1 rings (SSSR count). The van der Waals surface area contributed by atoms with Gasteiger partial charge in [0.15, 0.2) is 9.84 Å². The quantitative estimate of drug-likeness (QED) is 0.816. The highest BCUT2D eigenvalue weighted by atomic mass is 32.2. The summed E-state index contributed by atoms with van der Waals surface area (Å²) in [7, 11) is -1.97. The second-order valence-corrected chi connectivity index (χ2v) is 6.07. The van der Waals surface area contributed by atoms with Crippen LogP contribution in [0, 0.1) is 0 Å². The number of ether oxygens (including phenoxy) is 1. The van der Waals surface area contributed by atoms with Crippen LogP contribution in [0.5, 0.6) is 5.75 Å². The molecule has 0 saturated heterocycles. The van der Waals surface area contributed by atoms with Crippen molar-refractivity contribution in [3.63, 3.8) is 0 Å². The van der Waals surface area contributed by atoms with Gasteiger partial charge in [-0.05, 0) is 18.2 Å². The first-order valence-electron chi connectivity index (χ1n) is 5.02. The Hall–Kier alpha value is -1.41. The molecule has 100 valence electrons. The molecule has 0 unspecified atom stereocenters. The molecule has 0 radical (unpaired) electrons. The number of methoxy groups -OCH3 is 1. The molecular weight excluding hydrogens is 276 g/mol. The maximum absolute atomic E-state index is 11.7. The second-order valence-electron chi connectivity index (χ2n) is 3.39. The molecule has 1 aromatic rings. The lowest BCUT2D eigenvalue weighted by Gasteiger charge is -2.17. The molecule has 0 heterocycles. The van der Waals surface area contributed by atoms with E-state index < -0.39 is 15.9 Å². The molecule has 8 heteroatoms. The number of benzene rings is 1. The fraction of sp³-hybridized carbons (Fsp3) is 0.300. The standard InChI is InChI=1S/C10H14N2O4S2/c1-3-18(14,15)7-4-5-9(16-2)8(6-7)12(17)10(11)13/h4-6,17H,3H2,1-2H3,(H2,11,13). The van der Waals surface area contributed by atoms with E-state index in [1.54, 1.807) is 0 Å². The molecule has 2 amide bonds. The van der Waals surface area contributed by atoms with Crippen molar-refractivity contribution in [1.82, 2.24) is 0 Å². The largest absolute Gasteiger partial charge is 0.495 e. The van der Waals surface area contributed by atoms with Gasteiger partial charge in [0.05, 0.1) is 17.8 Å². The summed E-state index contributed by atoms with van der Waals surface area (Å²) in [6.45, 7) is 1.53. The smallest absolute Gasteiger partial charge is 0.329 e. The summed E-state index contributed by atoms with van der Waals surface area (Å²) in [6.07, 6.45) is 0. The molecule has 0 atom stereocenters. The Bertz CT molecular complexity index is 557. The van der Waals surface area contributed by atoms with Crippen LogP contribution in [0.2, 0.25) is 0 Å². The zero-order chi connectivity index (χ0) is 13.9. The molecule has 6 nitrogen and oxygen atoms in total. The third kappa shape index (κ3) is 2.88. The molecule has 0 aliphatic heterocycles. The highest BCUT2D eigenvalue weighted by Gasteiger charge is 2.19. The van der Waals surface area contributed by atoms with Gasteiger partial charge < -0.3 is 10.5 Å². The molecule has 0 aromatic heterocycles. The summed E-state index contributed by atoms with van der Waals surface area (Å²) >= 11 is 3.89. The fourth-order valence-electron chi connectivity index (χ4n) is 1.31. The van der Waals surface area contributed by atoms with Crippen molar-refractivity contribution in [1.29, 1.82) is 0 Å². The molecule has 0 aliphatic rings. The van der Waals surface area contributed by atoms with Crippen LogP contribution in [-0.4, -0.2) is 27.3 Å². The van der Waals surface area contributed by atoms with E-state index in [1.165, 1.54) is 32.2 Å². The minimum absolute atomic E-state index is 0.0398. The maximum Gasteiger partial charge on any atom is 0.329 e. The van der Waals surface area contributed by atoms with E-state index in [2.05, 4.69) is 12.8 Å². The van der Waals surface area contributed by atoms with E-state index in [0.717, 1.165) is 4.31 Å². The number of nitrogens with zero attached hydrogens (tertiary/aromatic N) is 1. The zero-order valence-electron chi connectivity index (χ0n) is 9.95. The monoisotopic (exact) mass is 290 g/mol. The van der Waals surface area contributed by atoms with Crippen LogP contribution in [0.3, 0.4) is 0 Å². The number of rotatable bonds is 4. The summed E-state index contributed by atoms with van der Waals surface area (Å²) < 4.78 is 29.3. The van der Waals surface area contributed by atoms with Gasteiger partial charge in [0.2, 0.25) is 0 Å². The van der Waals surface area contributed by atoms with E-state index in [0.29, 0.717) is 5.75 Å². The van der Waals surface area contributed by atoms with E-state index in [-0.39, 0.29) is 16.3 Å². The molecule has 0 aliphatic carbocycles. The lowest BCUT2D eigenvalue weighted by molar-refractivity contribution is 0.257. The minimum atomic E-state index is -3.37. The number of nitrogens with two attached hydrogens (primary N) is 1. The molecule has 0 fully saturated rings. The zero-order valence-corrected chi connectivity index (χ0v) is 11.7. The van der Waals surface area contributed by atoms with Crippen LogP contribution in [0.4, 0.5) is 10.5 Å². The van der Waals surface area contributed by atoms with Gasteiger partial charge in [-0.3, -0.25) is 0 Å². The Balaban J connectivity index is 3.39. The Morgan fingerprint density at radius 3 is 2.56 bits per heavy atom. The van der Waals surface area contributed by atoms with Crippen molar-refractivity contribution in [2.24, 2.45) is 5.73 Å². The molecule has 0 saturated carbocycles. The highest BCUT2D eigenvalue weighted by Crippen LogP contribution is 2.32. The summed E-state index contributed by atoms with van der Waals surface area (Å²) in [6, 6.07) is 3.33. The van der Waals surface area contributed by atoms with Gasteiger partial charge in [-0.1, -0.05) is 19.7 Å². The number of sulfone groups is 1. The van der Waals surface area contributed by atoms with Crippen LogP contribution >= 0.6 is 12.8 Å². The number of hydrogen-bond donors (Lipinski definition) is 2. The van der Waals surface area contributed by atoms with Gasteiger partial charge in [-0.15, -0.1) is 0 Å². The number of urea groups is 1. The molecule has 18 heavy (non-hydrogen) atoms. The maximum atomic E-state index is 11.7. The predicted octanol–water partition coefficient (Wildman–Crippen LogP) is 1.22. The molecular formula is C10H14N2O4S2. The summed E-state index contributed by atoms with van der Waals surface area (Å²) in [5.41, 5.74) is 5.27. The Labute approximate surface area is 111 Å². The summed E-state index contributed by atoms with van der Waals surface area (Å²) in [5, 5.41) is 0. The topological polar surface area (TPSA) is 89.7 Å². The number of carbonyl (C=O) groups excluding carboxylic acids is 1. The number of thiol groups is 1. The first-order chi connectivity index (χ1) is 8.33. The van der Waals surface area contributed by atoms with E-state index in [1.807, 2.05) is 0 Å². The average molecular weight is 290 g/mol. The minimum Gasteiger partial charge on any atom is -0.495 e. The van der Waals surface area contributed by atoms with Crippen molar-refractivity contribution in [2.45, 2.75) is 11.8 Å². The Morgan fingerprint density at radius 1 is 1.50 bits per heavy atom. The second kappa shape index (κ2) is 5.49. The van der Waals surface area contributed by atoms with E-state index in [9.17, 15) is 13.2 Å². The van der Waals surface area contributed by atoms with Crippen LogP contribution in [0.25, 0.3) is 0 Å². The van der Waals surface area contributed by atoms with Crippen molar-refractivity contribution >= 4 is 34.4 Å². The summed E-state index contributed by atoms with van der Waals surface area (Å²) in [4.78, 5) is 11.1. The molecule has 0 bridgehead atoms. The highest BCUT2D eigenvalue weighted by molar-refractivity contribution is 7.91. The van der Waals surface area contributed by atoms with Crippen LogP contribution in [0.1, 0.15) is 6.92 Å². The normalized spacial score (nSPS) is 11.1. The van der Waals surface area contributed by atoms with Gasteiger partial charge in [-0.25, -0.2) is 17.5 Å². The first-order valence-corrected chi connectivity index (χ1v) is 7.08. The summed E-state index contributed by atoms with van der Waals surface area (Å²) in [5.74, 6) is 0.265. The van der Waals surface area contributed by atoms with Crippen LogP contribution in [0.15, 0.2) is 23.1 Å². The van der Waals surface area contributed by atoms with Crippen molar-refractivity contribution in [3.05, 3.63) is 18.2 Å². The van der Waals surface area contributed by atoms with Crippen molar-refractivity contribution in [2.75, 3.05) is 17.2 Å². The van der Waals surface area contributed by atoms with Gasteiger partial charge in [0.25, 0.3) is 0 Å².